The summed E-state index contributed by atoms with van der Waals surface area (Å²) in [5, 5.41) is 0. The van der Waals surface area contributed by atoms with Gasteiger partial charge in [0.1, 0.15) is 0 Å². The van der Waals surface area contributed by atoms with Gasteiger partial charge in [0.15, 0.2) is 11.6 Å². The summed E-state index contributed by atoms with van der Waals surface area (Å²) in [7, 11) is 0. The van der Waals surface area contributed by atoms with Gasteiger partial charge in [-0.2, -0.15) is 0 Å². The molecule has 2 N–H and O–H groups in total. The Labute approximate surface area is 126 Å². The van der Waals surface area contributed by atoms with Crippen LogP contribution in [0.2, 0.25) is 0 Å². The van der Waals surface area contributed by atoms with E-state index in [0.29, 0.717) is 22.7 Å². The first-order valence-electron chi connectivity index (χ1n) is 6.51. The Bertz CT molecular complexity index is 650. The summed E-state index contributed by atoms with van der Waals surface area (Å²) in [6.45, 7) is 4.38. The van der Waals surface area contributed by atoms with Crippen LogP contribution in [0.1, 0.15) is 27.0 Å². The molecule has 112 valence electrons. The van der Waals surface area contributed by atoms with Crippen molar-refractivity contribution in [3.63, 3.8) is 0 Å². The number of anilines is 1. The monoisotopic (exact) mass is 310 g/mol. The highest BCUT2D eigenvalue weighted by Gasteiger charge is 2.18. The van der Waals surface area contributed by atoms with Gasteiger partial charge in [-0.3, -0.25) is 4.79 Å². The minimum absolute atomic E-state index is 0.160. The maximum absolute atomic E-state index is 13.2. The number of hydrogen-bond donors (Lipinski definition) is 1. The molecule has 1 amide bonds. The second-order valence-corrected chi connectivity index (χ2v) is 5.95. The number of aryl methyl sites for hydroxylation is 1. The average Bonchev–Trinajstić information content (AvgIpc) is 2.79. The largest absolute Gasteiger partial charge is 0.398 e. The molecule has 0 spiro atoms. The molecular weight excluding hydrogens is 294 g/mol. The van der Waals surface area contributed by atoms with Gasteiger partial charge in [-0.15, -0.1) is 11.3 Å². The third-order valence-electron chi connectivity index (χ3n) is 3.19. The van der Waals surface area contributed by atoms with E-state index >= 15 is 0 Å². The number of thiophene rings is 1. The van der Waals surface area contributed by atoms with Crippen LogP contribution in [-0.4, -0.2) is 17.4 Å². The van der Waals surface area contributed by atoms with E-state index in [-0.39, 0.29) is 12.5 Å². The molecule has 0 unspecified atom stereocenters. The molecule has 0 bridgehead atoms. The Balaban J connectivity index is 2.19. The van der Waals surface area contributed by atoms with Crippen LogP contribution in [0, 0.1) is 18.6 Å². The number of carbonyl (C=O) groups excluding carboxylic acids is 1. The summed E-state index contributed by atoms with van der Waals surface area (Å²) in [5.41, 5.74) is 6.89. The molecular formula is C15H16F2N2OS. The van der Waals surface area contributed by atoms with E-state index in [4.69, 9.17) is 5.73 Å². The highest BCUT2D eigenvalue weighted by atomic mass is 32.1. The fourth-order valence-corrected chi connectivity index (χ4v) is 2.85. The molecule has 6 heteroatoms. The van der Waals surface area contributed by atoms with Crippen molar-refractivity contribution in [1.82, 2.24) is 4.90 Å². The number of rotatable bonds is 4. The minimum atomic E-state index is -0.910. The molecule has 1 heterocycles. The molecule has 2 rings (SSSR count). The van der Waals surface area contributed by atoms with E-state index in [9.17, 15) is 13.6 Å². The summed E-state index contributed by atoms with van der Waals surface area (Å²) >= 11 is 1.33. The van der Waals surface area contributed by atoms with E-state index in [1.807, 2.05) is 13.8 Å². The maximum atomic E-state index is 13.2. The number of carbonyl (C=O) groups is 1. The lowest BCUT2D eigenvalue weighted by atomic mass is 10.2. The van der Waals surface area contributed by atoms with Gasteiger partial charge in [0.25, 0.3) is 5.91 Å². The van der Waals surface area contributed by atoms with Gasteiger partial charge in [-0.25, -0.2) is 8.78 Å². The van der Waals surface area contributed by atoms with Crippen molar-refractivity contribution >= 4 is 22.9 Å². The molecule has 0 radical (unpaired) electrons. The number of nitrogen functional groups attached to an aromatic ring is 1. The van der Waals surface area contributed by atoms with Crippen LogP contribution in [0.5, 0.6) is 0 Å². The summed E-state index contributed by atoms with van der Waals surface area (Å²) in [5.74, 6) is -1.96. The van der Waals surface area contributed by atoms with Crippen molar-refractivity contribution < 1.29 is 13.6 Å². The topological polar surface area (TPSA) is 46.3 Å². The van der Waals surface area contributed by atoms with Crippen LogP contribution in [0.3, 0.4) is 0 Å². The van der Waals surface area contributed by atoms with Crippen molar-refractivity contribution in [3.05, 3.63) is 51.2 Å². The van der Waals surface area contributed by atoms with E-state index in [1.54, 1.807) is 11.0 Å². The molecule has 0 fully saturated rings. The minimum Gasteiger partial charge on any atom is -0.398 e. The highest BCUT2D eigenvalue weighted by Crippen LogP contribution is 2.25. The lowest BCUT2D eigenvalue weighted by Crippen LogP contribution is -2.29. The van der Waals surface area contributed by atoms with E-state index in [2.05, 4.69) is 0 Å². The Kier molecular flexibility index (Phi) is 4.57. The van der Waals surface area contributed by atoms with Crippen molar-refractivity contribution in [1.29, 1.82) is 0 Å². The lowest BCUT2D eigenvalue weighted by molar-refractivity contribution is 0.0757. The van der Waals surface area contributed by atoms with Crippen LogP contribution in [0.15, 0.2) is 24.3 Å². The average molecular weight is 310 g/mol. The number of hydrogen-bond acceptors (Lipinski definition) is 3. The highest BCUT2D eigenvalue weighted by molar-refractivity contribution is 7.14. The standard InChI is InChI=1S/C15H16F2N2OS/c1-3-19(8-10-4-5-11(16)12(17)6-10)15(20)14-7-13(18)9(2)21-14/h4-7H,3,8,18H2,1-2H3. The first kappa shape index (κ1) is 15.4. The molecule has 1 aromatic heterocycles. The third-order valence-corrected chi connectivity index (χ3v) is 4.25. The van der Waals surface area contributed by atoms with Gasteiger partial charge < -0.3 is 10.6 Å². The second kappa shape index (κ2) is 6.22. The number of nitrogens with two attached hydrogens (primary N) is 1. The Morgan fingerprint density at radius 1 is 1.29 bits per heavy atom. The van der Waals surface area contributed by atoms with E-state index < -0.39 is 11.6 Å². The molecule has 0 saturated heterocycles. The van der Waals surface area contributed by atoms with Gasteiger partial charge in [0.2, 0.25) is 0 Å². The molecule has 0 saturated carbocycles. The zero-order chi connectivity index (χ0) is 15.6. The van der Waals surface area contributed by atoms with Crippen molar-refractivity contribution in [2.24, 2.45) is 0 Å². The van der Waals surface area contributed by atoms with E-state index in [0.717, 1.165) is 17.0 Å². The lowest BCUT2D eigenvalue weighted by Gasteiger charge is -2.20. The Hall–Kier alpha value is -1.95. The zero-order valence-electron chi connectivity index (χ0n) is 11.8. The zero-order valence-corrected chi connectivity index (χ0v) is 12.6. The van der Waals surface area contributed by atoms with Crippen LogP contribution in [0.25, 0.3) is 0 Å². The Morgan fingerprint density at radius 3 is 2.52 bits per heavy atom. The molecule has 0 aliphatic rings. The summed E-state index contributed by atoms with van der Waals surface area (Å²) in [6.07, 6.45) is 0. The smallest absolute Gasteiger partial charge is 0.264 e. The normalized spacial score (nSPS) is 10.7. The number of nitrogens with zero attached hydrogens (tertiary/aromatic N) is 1. The summed E-state index contributed by atoms with van der Waals surface area (Å²) in [6, 6.07) is 5.30. The Morgan fingerprint density at radius 2 is 2.00 bits per heavy atom. The molecule has 0 atom stereocenters. The fraction of sp³-hybridized carbons (Fsp3) is 0.267. The predicted octanol–water partition coefficient (Wildman–Crippen LogP) is 3.58. The van der Waals surface area contributed by atoms with Crippen molar-refractivity contribution in [2.75, 3.05) is 12.3 Å². The molecule has 2 aromatic rings. The fourth-order valence-electron chi connectivity index (χ4n) is 1.94. The van der Waals surface area contributed by atoms with Gasteiger partial charge in [0.05, 0.1) is 4.88 Å². The first-order valence-corrected chi connectivity index (χ1v) is 7.33. The van der Waals surface area contributed by atoms with Gasteiger partial charge >= 0.3 is 0 Å². The SMILES string of the molecule is CCN(Cc1ccc(F)c(F)c1)C(=O)c1cc(N)c(C)s1. The molecule has 0 aliphatic carbocycles. The van der Waals surface area contributed by atoms with Crippen LogP contribution in [0.4, 0.5) is 14.5 Å². The predicted molar refractivity (Wildman–Crippen MR) is 80.2 cm³/mol. The molecule has 0 aliphatic heterocycles. The number of halogens is 2. The third kappa shape index (κ3) is 3.39. The van der Waals surface area contributed by atoms with Crippen LogP contribution < -0.4 is 5.73 Å². The van der Waals surface area contributed by atoms with E-state index in [1.165, 1.54) is 17.4 Å². The molecule has 21 heavy (non-hydrogen) atoms. The first-order chi connectivity index (χ1) is 9.92. The summed E-state index contributed by atoms with van der Waals surface area (Å²) < 4.78 is 26.1. The van der Waals surface area contributed by atoms with Crippen LogP contribution in [-0.2, 0) is 6.54 Å². The summed E-state index contributed by atoms with van der Waals surface area (Å²) in [4.78, 5) is 15.4. The van der Waals surface area contributed by atoms with Crippen LogP contribution >= 0.6 is 11.3 Å². The molecule has 1 aromatic carbocycles. The van der Waals surface area contributed by atoms with Gasteiger partial charge in [-0.05, 0) is 37.6 Å². The second-order valence-electron chi connectivity index (χ2n) is 4.69. The quantitative estimate of drug-likeness (QED) is 0.938. The number of amides is 1. The van der Waals surface area contributed by atoms with Gasteiger partial charge in [-0.1, -0.05) is 6.07 Å². The number of benzene rings is 1. The molecule has 3 nitrogen and oxygen atoms in total. The van der Waals surface area contributed by atoms with Crippen molar-refractivity contribution in [2.45, 2.75) is 20.4 Å². The maximum Gasteiger partial charge on any atom is 0.264 e. The van der Waals surface area contributed by atoms with Gasteiger partial charge in [0, 0.05) is 23.7 Å². The van der Waals surface area contributed by atoms with Crippen molar-refractivity contribution in [3.8, 4) is 0 Å².